The second kappa shape index (κ2) is 5.74. The Hall–Kier alpha value is -2.70. The van der Waals surface area contributed by atoms with Crippen molar-refractivity contribution in [3.05, 3.63) is 36.9 Å². The third kappa shape index (κ3) is 3.07. The minimum atomic E-state index is -0.175. The van der Waals surface area contributed by atoms with Crippen LogP contribution in [0.3, 0.4) is 0 Å². The Morgan fingerprint density at radius 2 is 2.10 bits per heavy atom. The van der Waals surface area contributed by atoms with Crippen LogP contribution in [0.25, 0.3) is 0 Å². The van der Waals surface area contributed by atoms with E-state index >= 15 is 0 Å². The summed E-state index contributed by atoms with van der Waals surface area (Å²) in [5.74, 6) is -0.0246. The zero-order valence-electron chi connectivity index (χ0n) is 11.4. The van der Waals surface area contributed by atoms with Crippen LogP contribution in [0.4, 0.5) is 11.4 Å². The lowest BCUT2D eigenvalue weighted by molar-refractivity contribution is -0.117. The molecule has 2 heterocycles. The fourth-order valence-electron chi connectivity index (χ4n) is 2.31. The summed E-state index contributed by atoms with van der Waals surface area (Å²) >= 11 is 0. The van der Waals surface area contributed by atoms with Gasteiger partial charge < -0.3 is 10.2 Å². The summed E-state index contributed by atoms with van der Waals surface area (Å²) < 4.78 is 1.45. The molecule has 1 saturated heterocycles. The van der Waals surface area contributed by atoms with Gasteiger partial charge in [0.1, 0.15) is 19.2 Å². The number of hydrogen-bond donors (Lipinski definition) is 1. The van der Waals surface area contributed by atoms with Crippen molar-refractivity contribution < 1.29 is 9.59 Å². The molecule has 0 bridgehead atoms. The molecule has 0 spiro atoms. The van der Waals surface area contributed by atoms with Crippen LogP contribution in [0.15, 0.2) is 36.9 Å². The van der Waals surface area contributed by atoms with Crippen molar-refractivity contribution in [2.75, 3.05) is 16.8 Å². The normalized spacial score (nSPS) is 14.5. The van der Waals surface area contributed by atoms with E-state index in [9.17, 15) is 9.59 Å². The average molecular weight is 285 g/mol. The monoisotopic (exact) mass is 285 g/mol. The number of rotatable bonds is 4. The van der Waals surface area contributed by atoms with Gasteiger partial charge in [0.15, 0.2) is 0 Å². The van der Waals surface area contributed by atoms with E-state index < -0.39 is 0 Å². The first-order chi connectivity index (χ1) is 10.2. The standard InChI is InChI=1S/C14H15N5O2/c20-13(8-18-10-15-9-16-18)17-11-3-5-12(6-4-11)19-7-1-2-14(19)21/h3-6,9-10H,1-2,7-8H2,(H,17,20). The van der Waals surface area contributed by atoms with Crippen molar-refractivity contribution >= 4 is 23.2 Å². The number of carbonyl (C=O) groups excluding carboxylic acids is 2. The fourth-order valence-corrected chi connectivity index (χ4v) is 2.31. The predicted octanol–water partition coefficient (Wildman–Crippen LogP) is 1.04. The zero-order valence-corrected chi connectivity index (χ0v) is 11.4. The lowest BCUT2D eigenvalue weighted by Gasteiger charge is -2.16. The van der Waals surface area contributed by atoms with Gasteiger partial charge in [-0.05, 0) is 30.7 Å². The first-order valence-electron chi connectivity index (χ1n) is 6.75. The highest BCUT2D eigenvalue weighted by molar-refractivity contribution is 5.96. The fraction of sp³-hybridized carbons (Fsp3) is 0.286. The number of nitrogens with one attached hydrogen (secondary N) is 1. The van der Waals surface area contributed by atoms with Crippen LogP contribution in [-0.2, 0) is 16.1 Å². The van der Waals surface area contributed by atoms with Crippen LogP contribution in [-0.4, -0.2) is 33.1 Å². The lowest BCUT2D eigenvalue weighted by Crippen LogP contribution is -2.23. The molecule has 0 aliphatic carbocycles. The van der Waals surface area contributed by atoms with Gasteiger partial charge in [-0.3, -0.25) is 9.59 Å². The van der Waals surface area contributed by atoms with Crippen molar-refractivity contribution in [3.63, 3.8) is 0 Å². The molecule has 1 fully saturated rings. The van der Waals surface area contributed by atoms with Gasteiger partial charge in [-0.25, -0.2) is 9.67 Å². The molecular formula is C14H15N5O2. The summed E-state index contributed by atoms with van der Waals surface area (Å²) in [6.45, 7) is 0.878. The van der Waals surface area contributed by atoms with Crippen LogP contribution in [0, 0.1) is 0 Å². The van der Waals surface area contributed by atoms with Gasteiger partial charge in [0.25, 0.3) is 0 Å². The van der Waals surface area contributed by atoms with Crippen molar-refractivity contribution in [1.82, 2.24) is 14.8 Å². The Morgan fingerprint density at radius 1 is 1.29 bits per heavy atom. The van der Waals surface area contributed by atoms with Gasteiger partial charge in [-0.1, -0.05) is 0 Å². The van der Waals surface area contributed by atoms with Gasteiger partial charge >= 0.3 is 0 Å². The van der Waals surface area contributed by atoms with E-state index in [1.54, 1.807) is 17.0 Å². The van der Waals surface area contributed by atoms with Gasteiger partial charge in [-0.2, -0.15) is 5.10 Å². The van der Waals surface area contributed by atoms with Gasteiger partial charge in [0.05, 0.1) is 0 Å². The number of carbonyl (C=O) groups is 2. The molecule has 0 unspecified atom stereocenters. The largest absolute Gasteiger partial charge is 0.324 e. The van der Waals surface area contributed by atoms with Gasteiger partial charge in [-0.15, -0.1) is 0 Å². The summed E-state index contributed by atoms with van der Waals surface area (Å²) in [7, 11) is 0. The molecule has 2 aromatic rings. The number of anilines is 2. The molecule has 2 amide bonds. The zero-order chi connectivity index (χ0) is 14.7. The SMILES string of the molecule is O=C(Cn1cncn1)Nc1ccc(N2CCCC2=O)cc1. The Bertz CT molecular complexity index is 636. The van der Waals surface area contributed by atoms with E-state index in [1.165, 1.54) is 17.3 Å². The van der Waals surface area contributed by atoms with Crippen molar-refractivity contribution in [2.24, 2.45) is 0 Å². The minimum Gasteiger partial charge on any atom is -0.324 e. The summed E-state index contributed by atoms with van der Waals surface area (Å²) in [5.41, 5.74) is 1.56. The Morgan fingerprint density at radius 3 is 2.71 bits per heavy atom. The van der Waals surface area contributed by atoms with Crippen molar-refractivity contribution in [2.45, 2.75) is 19.4 Å². The van der Waals surface area contributed by atoms with E-state index in [4.69, 9.17) is 0 Å². The maximum atomic E-state index is 11.8. The minimum absolute atomic E-state index is 0.117. The van der Waals surface area contributed by atoms with Gasteiger partial charge in [0.2, 0.25) is 11.8 Å². The van der Waals surface area contributed by atoms with Crippen molar-refractivity contribution in [1.29, 1.82) is 0 Å². The van der Waals surface area contributed by atoms with Crippen LogP contribution < -0.4 is 10.2 Å². The molecule has 1 aromatic carbocycles. The molecule has 108 valence electrons. The first kappa shape index (κ1) is 13.3. The molecule has 1 aromatic heterocycles. The van der Waals surface area contributed by atoms with Crippen LogP contribution in [0.5, 0.6) is 0 Å². The number of nitrogens with zero attached hydrogens (tertiary/aromatic N) is 4. The van der Waals surface area contributed by atoms with E-state index in [0.29, 0.717) is 12.1 Å². The number of benzene rings is 1. The number of hydrogen-bond acceptors (Lipinski definition) is 4. The van der Waals surface area contributed by atoms with Crippen molar-refractivity contribution in [3.8, 4) is 0 Å². The number of aromatic nitrogens is 3. The third-order valence-electron chi connectivity index (χ3n) is 3.31. The van der Waals surface area contributed by atoms with E-state index in [2.05, 4.69) is 15.4 Å². The third-order valence-corrected chi connectivity index (χ3v) is 3.31. The summed E-state index contributed by atoms with van der Waals surface area (Å²) in [4.78, 5) is 29.0. The Labute approximate surface area is 121 Å². The van der Waals surface area contributed by atoms with E-state index in [-0.39, 0.29) is 18.4 Å². The number of amides is 2. The molecule has 1 aliphatic heterocycles. The van der Waals surface area contributed by atoms with E-state index in [0.717, 1.165) is 18.7 Å². The molecular weight excluding hydrogens is 270 g/mol. The molecule has 7 heteroatoms. The second-order valence-corrected chi connectivity index (χ2v) is 4.84. The Kier molecular flexibility index (Phi) is 3.63. The Balaban J connectivity index is 1.61. The highest BCUT2D eigenvalue weighted by Crippen LogP contribution is 2.22. The summed E-state index contributed by atoms with van der Waals surface area (Å²) in [6.07, 6.45) is 4.38. The van der Waals surface area contributed by atoms with Gasteiger partial charge in [0, 0.05) is 24.3 Å². The van der Waals surface area contributed by atoms with Crippen LogP contribution in [0.1, 0.15) is 12.8 Å². The molecule has 1 N–H and O–H groups in total. The predicted molar refractivity (Wildman–Crippen MR) is 76.7 cm³/mol. The second-order valence-electron chi connectivity index (χ2n) is 4.84. The molecule has 0 radical (unpaired) electrons. The van der Waals surface area contributed by atoms with Crippen LogP contribution >= 0.6 is 0 Å². The smallest absolute Gasteiger partial charge is 0.246 e. The molecule has 0 saturated carbocycles. The first-order valence-corrected chi connectivity index (χ1v) is 6.75. The quantitative estimate of drug-likeness (QED) is 0.910. The van der Waals surface area contributed by atoms with Crippen LogP contribution in [0.2, 0.25) is 0 Å². The summed E-state index contributed by atoms with van der Waals surface area (Å²) in [5, 5.41) is 6.65. The molecule has 7 nitrogen and oxygen atoms in total. The maximum Gasteiger partial charge on any atom is 0.246 e. The lowest BCUT2D eigenvalue weighted by atomic mass is 10.2. The molecule has 3 rings (SSSR count). The van der Waals surface area contributed by atoms with E-state index in [1.807, 2.05) is 12.1 Å². The molecule has 1 aliphatic rings. The summed E-state index contributed by atoms with van der Waals surface area (Å²) in [6, 6.07) is 7.27. The highest BCUT2D eigenvalue weighted by atomic mass is 16.2. The molecule has 0 atom stereocenters. The molecule has 21 heavy (non-hydrogen) atoms. The maximum absolute atomic E-state index is 11.8. The average Bonchev–Trinajstić information content (AvgIpc) is 3.11. The topological polar surface area (TPSA) is 80.1 Å². The highest BCUT2D eigenvalue weighted by Gasteiger charge is 2.21.